The Bertz CT molecular complexity index is 723. The zero-order valence-electron chi connectivity index (χ0n) is 16.5. The average Bonchev–Trinajstić information content (AvgIpc) is 2.93. The molecule has 2 amide bonds. The number of carbonyl (C=O) groups is 2. The van der Waals surface area contributed by atoms with Gasteiger partial charge in [0, 0.05) is 29.0 Å². The molecular formula is C19H27ClFN2O3S+. The molecule has 1 N–H and O–H groups in total. The molecule has 0 radical (unpaired) electrons. The van der Waals surface area contributed by atoms with Gasteiger partial charge in [-0.2, -0.15) is 0 Å². The lowest BCUT2D eigenvalue weighted by Gasteiger charge is -2.32. The van der Waals surface area contributed by atoms with Crippen LogP contribution in [0.1, 0.15) is 27.2 Å². The van der Waals surface area contributed by atoms with Crippen LogP contribution in [0.15, 0.2) is 18.2 Å². The molecule has 1 aromatic carbocycles. The predicted molar refractivity (Wildman–Crippen MR) is 109 cm³/mol. The van der Waals surface area contributed by atoms with Crippen molar-refractivity contribution in [2.45, 2.75) is 44.8 Å². The van der Waals surface area contributed by atoms with Crippen molar-refractivity contribution in [3.05, 3.63) is 29.0 Å². The number of likely N-dealkylation sites (N-methyl/N-ethyl adjacent to an activating group) is 1. The Morgan fingerprint density at radius 2 is 2.04 bits per heavy atom. The van der Waals surface area contributed by atoms with E-state index < -0.39 is 18.0 Å². The largest absolute Gasteiger partial charge is 0.342 e. The molecule has 1 heterocycles. The van der Waals surface area contributed by atoms with E-state index in [1.54, 1.807) is 7.05 Å². The van der Waals surface area contributed by atoms with Gasteiger partial charge in [0.1, 0.15) is 18.0 Å². The zero-order valence-corrected chi connectivity index (χ0v) is 18.1. The fourth-order valence-corrected chi connectivity index (χ4v) is 5.14. The topological polar surface area (TPSA) is 58.6 Å². The summed E-state index contributed by atoms with van der Waals surface area (Å²) in [7, 11) is 1.51. The third kappa shape index (κ3) is 5.15. The van der Waals surface area contributed by atoms with Crippen molar-refractivity contribution in [1.82, 2.24) is 5.32 Å². The molecule has 3 atom stereocenters. The summed E-state index contributed by atoms with van der Waals surface area (Å²) < 4.78 is 19.7. The number of benzene rings is 1. The van der Waals surface area contributed by atoms with E-state index in [-0.39, 0.29) is 45.0 Å². The molecule has 0 spiro atoms. The van der Waals surface area contributed by atoms with Crippen molar-refractivity contribution in [1.29, 1.82) is 0 Å². The zero-order chi connectivity index (χ0) is 20.5. The molecular weight excluding hydrogens is 391 g/mol. The van der Waals surface area contributed by atoms with Crippen LogP contribution in [-0.2, 0) is 25.2 Å². The second-order valence-electron chi connectivity index (χ2n) is 8.00. The highest BCUT2D eigenvalue weighted by molar-refractivity contribution is 7.96. The standard InChI is InChI=1S/C19H26ClFN2O3S/c1-19(2,3)18(27(5)6)26-14-10-15(24)22-16(14)17(25)23(4)11-7-8-13(21)12(20)9-11/h7-9,14,16,18H,10H2,1-6H3/p+1/t14-,16+,18+/m1/s1. The van der Waals surface area contributed by atoms with Gasteiger partial charge in [-0.25, -0.2) is 4.39 Å². The van der Waals surface area contributed by atoms with Crippen LogP contribution in [0.2, 0.25) is 5.02 Å². The van der Waals surface area contributed by atoms with Gasteiger partial charge in [-0.05, 0) is 18.2 Å². The quantitative estimate of drug-likeness (QED) is 0.749. The molecule has 5 nitrogen and oxygen atoms in total. The van der Waals surface area contributed by atoms with E-state index in [4.69, 9.17) is 16.3 Å². The van der Waals surface area contributed by atoms with Crippen LogP contribution in [-0.4, -0.2) is 49.0 Å². The number of amides is 2. The maximum atomic E-state index is 13.4. The number of hydrogen-bond acceptors (Lipinski definition) is 3. The average molecular weight is 418 g/mol. The molecule has 1 saturated heterocycles. The normalized spacial score (nSPS) is 21.3. The third-order valence-electron chi connectivity index (χ3n) is 4.40. The van der Waals surface area contributed by atoms with Crippen LogP contribution in [0.5, 0.6) is 0 Å². The lowest BCUT2D eigenvalue weighted by atomic mass is 9.97. The van der Waals surface area contributed by atoms with Crippen LogP contribution in [0, 0.1) is 11.2 Å². The molecule has 150 valence electrons. The van der Waals surface area contributed by atoms with E-state index in [0.29, 0.717) is 5.69 Å². The van der Waals surface area contributed by atoms with Crippen LogP contribution in [0.4, 0.5) is 10.1 Å². The number of rotatable bonds is 5. The van der Waals surface area contributed by atoms with Crippen LogP contribution < -0.4 is 10.2 Å². The minimum Gasteiger partial charge on any atom is -0.342 e. The molecule has 1 aromatic rings. The second kappa shape index (κ2) is 8.37. The maximum absolute atomic E-state index is 13.4. The molecule has 2 rings (SSSR count). The van der Waals surface area contributed by atoms with E-state index >= 15 is 0 Å². The summed E-state index contributed by atoms with van der Waals surface area (Å²) in [6.07, 6.45) is 3.76. The van der Waals surface area contributed by atoms with Gasteiger partial charge in [-0.1, -0.05) is 32.4 Å². The molecule has 1 fully saturated rings. The van der Waals surface area contributed by atoms with Gasteiger partial charge < -0.3 is 15.0 Å². The van der Waals surface area contributed by atoms with E-state index in [9.17, 15) is 14.0 Å². The van der Waals surface area contributed by atoms with Crippen molar-refractivity contribution < 1.29 is 18.7 Å². The van der Waals surface area contributed by atoms with Gasteiger partial charge in [0.05, 0.1) is 24.0 Å². The number of halogens is 2. The van der Waals surface area contributed by atoms with Crippen LogP contribution in [0.3, 0.4) is 0 Å². The molecule has 1 aliphatic rings. The van der Waals surface area contributed by atoms with Gasteiger partial charge in [0.25, 0.3) is 5.91 Å². The van der Waals surface area contributed by atoms with E-state index in [1.165, 1.54) is 23.1 Å². The first-order valence-corrected chi connectivity index (χ1v) is 11.1. The number of nitrogens with zero attached hydrogens (tertiary/aromatic N) is 1. The molecule has 0 unspecified atom stereocenters. The first-order chi connectivity index (χ1) is 12.4. The number of carbonyl (C=O) groups excluding carboxylic acids is 2. The lowest BCUT2D eigenvalue weighted by Crippen LogP contribution is -2.50. The summed E-state index contributed by atoms with van der Waals surface area (Å²) >= 11 is 5.82. The Morgan fingerprint density at radius 1 is 1.41 bits per heavy atom. The highest BCUT2D eigenvalue weighted by atomic mass is 35.5. The minimum absolute atomic E-state index is 0.0560. The fraction of sp³-hybridized carbons (Fsp3) is 0.579. The molecule has 0 aliphatic carbocycles. The van der Waals surface area contributed by atoms with Gasteiger partial charge in [0.15, 0.2) is 0 Å². The predicted octanol–water partition coefficient (Wildman–Crippen LogP) is 2.97. The fourth-order valence-electron chi connectivity index (χ4n) is 3.18. The SMILES string of the molecule is CN(C(=O)[C@H]1NC(=O)C[C@H]1O[C@@H]([S+](C)C)C(C)(C)C)c1ccc(F)c(Cl)c1. The number of nitrogens with one attached hydrogen (secondary N) is 1. The number of hydrogen-bond donors (Lipinski definition) is 1. The molecule has 27 heavy (non-hydrogen) atoms. The summed E-state index contributed by atoms with van der Waals surface area (Å²) in [6, 6.07) is 3.27. The Labute approximate surface area is 167 Å². The molecule has 0 aromatic heterocycles. The summed E-state index contributed by atoms with van der Waals surface area (Å²) in [5, 5.41) is 2.65. The van der Waals surface area contributed by atoms with Crippen molar-refractivity contribution in [2.75, 3.05) is 24.5 Å². The van der Waals surface area contributed by atoms with Crippen molar-refractivity contribution >= 4 is 40.0 Å². The Morgan fingerprint density at radius 3 is 2.56 bits per heavy atom. The third-order valence-corrected chi connectivity index (χ3v) is 6.36. The first-order valence-electron chi connectivity index (χ1n) is 8.65. The summed E-state index contributed by atoms with van der Waals surface area (Å²) in [5.41, 5.74) is 0.239. The summed E-state index contributed by atoms with van der Waals surface area (Å²) in [4.78, 5) is 26.4. The minimum atomic E-state index is -0.792. The monoisotopic (exact) mass is 417 g/mol. The van der Waals surface area contributed by atoms with Crippen molar-refractivity contribution in [2.24, 2.45) is 5.41 Å². The molecule has 0 saturated carbocycles. The maximum Gasteiger partial charge on any atom is 0.252 e. The Kier molecular flexibility index (Phi) is 6.81. The van der Waals surface area contributed by atoms with E-state index in [0.717, 1.165) is 0 Å². The highest BCUT2D eigenvalue weighted by Gasteiger charge is 2.46. The van der Waals surface area contributed by atoms with Crippen LogP contribution in [0.25, 0.3) is 0 Å². The summed E-state index contributed by atoms with van der Waals surface area (Å²) in [5.74, 6) is -1.10. The summed E-state index contributed by atoms with van der Waals surface area (Å²) in [6.45, 7) is 6.25. The number of anilines is 1. The van der Waals surface area contributed by atoms with Gasteiger partial charge in [-0.15, -0.1) is 0 Å². The number of ether oxygens (including phenoxy) is 1. The van der Waals surface area contributed by atoms with E-state index in [2.05, 4.69) is 38.6 Å². The van der Waals surface area contributed by atoms with Crippen molar-refractivity contribution in [3.8, 4) is 0 Å². The van der Waals surface area contributed by atoms with E-state index in [1.807, 2.05) is 0 Å². The molecule has 8 heteroatoms. The first kappa shape index (κ1) is 22.0. The smallest absolute Gasteiger partial charge is 0.252 e. The van der Waals surface area contributed by atoms with Gasteiger partial charge >= 0.3 is 0 Å². The van der Waals surface area contributed by atoms with Crippen LogP contribution >= 0.6 is 11.6 Å². The lowest BCUT2D eigenvalue weighted by molar-refractivity contribution is -0.125. The van der Waals surface area contributed by atoms with Gasteiger partial charge in [0.2, 0.25) is 11.3 Å². The highest BCUT2D eigenvalue weighted by Crippen LogP contribution is 2.31. The molecule has 0 bridgehead atoms. The Hall–Kier alpha value is -1.31. The van der Waals surface area contributed by atoms with Gasteiger partial charge in [-0.3, -0.25) is 9.59 Å². The second-order valence-corrected chi connectivity index (χ2v) is 10.6. The molecule has 1 aliphatic heterocycles. The Balaban J connectivity index is 2.22. The van der Waals surface area contributed by atoms with Crippen molar-refractivity contribution in [3.63, 3.8) is 0 Å².